The van der Waals surface area contributed by atoms with E-state index >= 15 is 0 Å². The van der Waals surface area contributed by atoms with E-state index in [-0.39, 0.29) is 12.0 Å². The van der Waals surface area contributed by atoms with Crippen LogP contribution in [0, 0.1) is 31.6 Å². The van der Waals surface area contributed by atoms with E-state index in [0.29, 0.717) is 17.5 Å². The van der Waals surface area contributed by atoms with Gasteiger partial charge in [0.1, 0.15) is 6.54 Å². The molecule has 1 N–H and O–H groups in total. The lowest BCUT2D eigenvalue weighted by Crippen LogP contribution is -2.45. The third-order valence-corrected chi connectivity index (χ3v) is 7.08. The van der Waals surface area contributed by atoms with E-state index in [2.05, 4.69) is 5.32 Å². The lowest BCUT2D eigenvalue weighted by atomic mass is 9.83. The Kier molecular flexibility index (Phi) is 4.92. The Bertz CT molecular complexity index is 896. The van der Waals surface area contributed by atoms with Crippen LogP contribution in [0.15, 0.2) is 18.2 Å². The van der Waals surface area contributed by atoms with Crippen molar-refractivity contribution < 1.29 is 19.2 Å². The summed E-state index contributed by atoms with van der Waals surface area (Å²) in [7, 11) is 0. The Morgan fingerprint density at radius 2 is 1.90 bits per heavy atom. The number of carbonyl (C=O) groups is 4. The maximum atomic E-state index is 12.9. The largest absolute Gasteiger partial charge is 0.334 e. The summed E-state index contributed by atoms with van der Waals surface area (Å²) in [6.07, 6.45) is 4.51. The van der Waals surface area contributed by atoms with E-state index < -0.39 is 30.3 Å². The molecule has 1 aromatic carbocycles. The third kappa shape index (κ3) is 3.32. The van der Waals surface area contributed by atoms with E-state index in [9.17, 15) is 19.2 Å². The van der Waals surface area contributed by atoms with Crippen LogP contribution in [-0.4, -0.2) is 46.1 Å². The molecule has 29 heavy (non-hydrogen) atoms. The van der Waals surface area contributed by atoms with Crippen molar-refractivity contribution in [2.24, 2.45) is 17.8 Å². The van der Waals surface area contributed by atoms with E-state index in [1.165, 1.54) is 6.42 Å². The average molecular weight is 397 g/mol. The predicted octanol–water partition coefficient (Wildman–Crippen LogP) is 2.86. The SMILES string of the molecule is Cc1cccc(NC(=O)CN2C(=O)C(=O)N([C@@H](C)[C@@H]3C[C@H]4CC[C@H]3C4)C2=O)c1C. The van der Waals surface area contributed by atoms with Crippen LogP contribution in [0.1, 0.15) is 43.7 Å². The zero-order chi connectivity index (χ0) is 20.9. The van der Waals surface area contributed by atoms with Gasteiger partial charge in [0.25, 0.3) is 0 Å². The highest BCUT2D eigenvalue weighted by molar-refractivity contribution is 6.45. The van der Waals surface area contributed by atoms with E-state index in [0.717, 1.165) is 40.2 Å². The van der Waals surface area contributed by atoms with Gasteiger partial charge in [-0.15, -0.1) is 0 Å². The molecule has 4 atom stereocenters. The van der Waals surface area contributed by atoms with Gasteiger partial charge < -0.3 is 5.32 Å². The van der Waals surface area contributed by atoms with Crippen molar-refractivity contribution >= 4 is 29.4 Å². The molecule has 3 fully saturated rings. The highest BCUT2D eigenvalue weighted by atomic mass is 16.2. The number of rotatable bonds is 5. The second-order valence-electron chi connectivity index (χ2n) is 8.72. The molecule has 4 rings (SSSR count). The molecule has 5 amide bonds. The van der Waals surface area contributed by atoms with Crippen molar-refractivity contribution in [3.05, 3.63) is 29.3 Å². The number of nitrogens with one attached hydrogen (secondary N) is 1. The molecule has 1 aliphatic heterocycles. The van der Waals surface area contributed by atoms with Gasteiger partial charge in [0.2, 0.25) is 5.91 Å². The molecule has 2 saturated carbocycles. The van der Waals surface area contributed by atoms with Gasteiger partial charge in [0, 0.05) is 11.7 Å². The summed E-state index contributed by atoms with van der Waals surface area (Å²) >= 11 is 0. The Labute approximate surface area is 170 Å². The minimum atomic E-state index is -0.916. The summed E-state index contributed by atoms with van der Waals surface area (Å²) in [5, 5.41) is 2.74. The molecule has 0 unspecified atom stereocenters. The minimum absolute atomic E-state index is 0.248. The van der Waals surface area contributed by atoms with Crippen LogP contribution in [0.3, 0.4) is 0 Å². The van der Waals surface area contributed by atoms with Crippen molar-refractivity contribution in [3.63, 3.8) is 0 Å². The molecule has 154 valence electrons. The van der Waals surface area contributed by atoms with Crippen molar-refractivity contribution in [3.8, 4) is 0 Å². The number of amides is 5. The monoisotopic (exact) mass is 397 g/mol. The summed E-state index contributed by atoms with van der Waals surface area (Å²) in [4.78, 5) is 52.2. The number of urea groups is 1. The molecule has 7 heteroatoms. The van der Waals surface area contributed by atoms with Crippen molar-refractivity contribution in [1.29, 1.82) is 0 Å². The molecule has 7 nitrogen and oxygen atoms in total. The van der Waals surface area contributed by atoms with Crippen LogP contribution < -0.4 is 5.32 Å². The molecule has 3 aliphatic rings. The Hall–Kier alpha value is -2.70. The van der Waals surface area contributed by atoms with Crippen molar-refractivity contribution in [2.75, 3.05) is 11.9 Å². The summed E-state index contributed by atoms with van der Waals surface area (Å²) < 4.78 is 0. The first kappa shape index (κ1) is 19.6. The molecule has 0 aromatic heterocycles. The van der Waals surface area contributed by atoms with Gasteiger partial charge in [-0.2, -0.15) is 0 Å². The number of hydrogen-bond acceptors (Lipinski definition) is 4. The number of fused-ring (bicyclic) bond motifs is 2. The molecule has 2 aliphatic carbocycles. The number of hydrogen-bond donors (Lipinski definition) is 1. The maximum absolute atomic E-state index is 12.9. The molecule has 2 bridgehead atoms. The molecule has 1 heterocycles. The second-order valence-corrected chi connectivity index (χ2v) is 8.72. The first-order valence-electron chi connectivity index (χ1n) is 10.3. The Morgan fingerprint density at radius 1 is 1.14 bits per heavy atom. The number of imide groups is 2. The van der Waals surface area contributed by atoms with E-state index in [1.54, 1.807) is 6.07 Å². The lowest BCUT2D eigenvalue weighted by molar-refractivity contribution is -0.144. The van der Waals surface area contributed by atoms with Gasteiger partial charge in [0.15, 0.2) is 0 Å². The van der Waals surface area contributed by atoms with Gasteiger partial charge >= 0.3 is 17.8 Å². The lowest BCUT2D eigenvalue weighted by Gasteiger charge is -2.32. The Balaban J connectivity index is 1.45. The normalized spacial score (nSPS) is 27.1. The van der Waals surface area contributed by atoms with Gasteiger partial charge in [-0.3, -0.25) is 19.3 Å². The number of benzene rings is 1. The van der Waals surface area contributed by atoms with Gasteiger partial charge in [0.05, 0.1) is 0 Å². The number of carbonyl (C=O) groups excluding carboxylic acids is 4. The topological polar surface area (TPSA) is 86.8 Å². The molecular weight excluding hydrogens is 370 g/mol. The third-order valence-electron chi connectivity index (χ3n) is 7.08. The van der Waals surface area contributed by atoms with Gasteiger partial charge in [-0.25, -0.2) is 9.69 Å². The van der Waals surface area contributed by atoms with Crippen LogP contribution >= 0.6 is 0 Å². The van der Waals surface area contributed by atoms with Crippen molar-refractivity contribution in [1.82, 2.24) is 9.80 Å². The minimum Gasteiger partial charge on any atom is -0.324 e. The zero-order valence-electron chi connectivity index (χ0n) is 17.1. The average Bonchev–Trinajstić information content (AvgIpc) is 3.37. The second kappa shape index (κ2) is 7.28. The fourth-order valence-electron chi connectivity index (χ4n) is 5.32. The van der Waals surface area contributed by atoms with E-state index in [1.807, 2.05) is 32.9 Å². The first-order chi connectivity index (χ1) is 13.8. The summed E-state index contributed by atoms with van der Waals surface area (Å²) in [6.45, 7) is 5.22. The smallest absolute Gasteiger partial charge is 0.324 e. The fraction of sp³-hybridized carbons (Fsp3) is 0.545. The van der Waals surface area contributed by atoms with Crippen LogP contribution in [0.2, 0.25) is 0 Å². The van der Waals surface area contributed by atoms with Crippen LogP contribution in [-0.2, 0) is 14.4 Å². The first-order valence-corrected chi connectivity index (χ1v) is 10.3. The van der Waals surface area contributed by atoms with Gasteiger partial charge in [-0.1, -0.05) is 18.6 Å². The van der Waals surface area contributed by atoms with Crippen LogP contribution in [0.5, 0.6) is 0 Å². The Morgan fingerprint density at radius 3 is 2.55 bits per heavy atom. The highest BCUT2D eigenvalue weighted by Crippen LogP contribution is 2.50. The van der Waals surface area contributed by atoms with Crippen LogP contribution in [0.4, 0.5) is 10.5 Å². The van der Waals surface area contributed by atoms with Crippen LogP contribution in [0.25, 0.3) is 0 Å². The highest BCUT2D eigenvalue weighted by Gasteiger charge is 2.52. The summed E-state index contributed by atoms with van der Waals surface area (Å²) in [5.74, 6) is -0.783. The summed E-state index contributed by atoms with van der Waals surface area (Å²) in [6, 6.07) is 4.54. The molecule has 0 spiro atoms. The molecule has 1 saturated heterocycles. The number of anilines is 1. The summed E-state index contributed by atoms with van der Waals surface area (Å²) in [5.41, 5.74) is 2.58. The quantitative estimate of drug-likeness (QED) is 0.611. The standard InChI is InChI=1S/C22H27N3O4/c1-12-5-4-6-18(13(12)2)23-19(26)11-24-20(27)21(28)25(22(24)29)14(3)17-10-15-7-8-16(17)9-15/h4-6,14-17H,7-11H2,1-3H3,(H,23,26)/t14-,15-,16-,17-/m0/s1. The van der Waals surface area contributed by atoms with E-state index in [4.69, 9.17) is 0 Å². The number of nitrogens with zero attached hydrogens (tertiary/aromatic N) is 2. The fourth-order valence-corrected chi connectivity index (χ4v) is 5.32. The maximum Gasteiger partial charge on any atom is 0.334 e. The van der Waals surface area contributed by atoms with Gasteiger partial charge in [-0.05, 0) is 75.0 Å². The predicted molar refractivity (Wildman–Crippen MR) is 107 cm³/mol. The zero-order valence-corrected chi connectivity index (χ0v) is 17.1. The van der Waals surface area contributed by atoms with Crippen molar-refractivity contribution in [2.45, 2.75) is 52.5 Å². The molecule has 1 aromatic rings. The molecular formula is C22H27N3O4. The number of aryl methyl sites for hydroxylation is 1. The molecule has 0 radical (unpaired) electrons.